The Bertz CT molecular complexity index is 1180. The highest BCUT2D eigenvalue weighted by Gasteiger charge is 2.36. The molecule has 10 nitrogen and oxygen atoms in total. The van der Waals surface area contributed by atoms with E-state index in [2.05, 4.69) is 15.4 Å². The van der Waals surface area contributed by atoms with Crippen LogP contribution in [-0.4, -0.2) is 58.6 Å². The van der Waals surface area contributed by atoms with Crippen molar-refractivity contribution in [2.45, 2.75) is 24.0 Å². The molecule has 2 atom stereocenters. The van der Waals surface area contributed by atoms with Crippen molar-refractivity contribution in [1.82, 2.24) is 0 Å². The van der Waals surface area contributed by atoms with Gasteiger partial charge in [-0.05, 0) is 42.5 Å². The molecule has 168 valence electrons. The summed E-state index contributed by atoms with van der Waals surface area (Å²) in [6, 6.07) is 9.76. The molecule has 1 aliphatic rings. The average molecular weight is 470 g/mol. The lowest BCUT2D eigenvalue weighted by Crippen LogP contribution is -2.31. The van der Waals surface area contributed by atoms with Crippen molar-refractivity contribution in [2.24, 2.45) is 0 Å². The van der Waals surface area contributed by atoms with Gasteiger partial charge in [-0.15, -0.1) is 0 Å². The molecule has 2 aromatic rings. The Morgan fingerprint density at radius 2 is 1.68 bits per heavy atom. The normalized spacial score (nSPS) is 20.1. The van der Waals surface area contributed by atoms with Crippen LogP contribution in [0.1, 0.15) is 6.92 Å². The van der Waals surface area contributed by atoms with E-state index in [4.69, 9.17) is 4.74 Å². The van der Waals surface area contributed by atoms with E-state index in [1.165, 1.54) is 44.4 Å². The van der Waals surface area contributed by atoms with E-state index in [1.54, 1.807) is 12.1 Å². The number of methoxy groups -OCH3 is 1. The van der Waals surface area contributed by atoms with E-state index < -0.39 is 32.0 Å². The number of ether oxygens (including phenoxy) is 1. The van der Waals surface area contributed by atoms with Gasteiger partial charge in [-0.1, -0.05) is 0 Å². The van der Waals surface area contributed by atoms with E-state index >= 15 is 0 Å². The molecule has 3 rings (SSSR count). The lowest BCUT2D eigenvalue weighted by molar-refractivity contribution is -0.114. The smallest absolute Gasteiger partial charge is 0.265 e. The number of carbonyl (C=O) groups is 1. The van der Waals surface area contributed by atoms with Crippen LogP contribution in [0.3, 0.4) is 0 Å². The number of carbonyl (C=O) groups excluding carboxylic acids is 1. The number of nitrogens with one attached hydrogen (secondary N) is 3. The molecule has 0 saturated carbocycles. The standard InChI is InChI=1S/C19H23N3O7S2/c1-12(23)20-15-7-8-18(29-2)19(9-15)31(27,28)22-14-5-3-13(4-6-14)21-16-10-30(25,26)11-17(16)24/h3-9,16-17,21-22,24H,10-11H2,1-2H3,(H,20,23)/t16-,17-/m0/s1. The van der Waals surface area contributed by atoms with Gasteiger partial charge in [0.2, 0.25) is 5.91 Å². The molecule has 1 fully saturated rings. The molecule has 4 N–H and O–H groups in total. The fraction of sp³-hybridized carbons (Fsp3) is 0.316. The maximum Gasteiger partial charge on any atom is 0.265 e. The number of aliphatic hydroxyl groups is 1. The largest absolute Gasteiger partial charge is 0.495 e. The van der Waals surface area contributed by atoms with Gasteiger partial charge in [0.05, 0.1) is 30.8 Å². The van der Waals surface area contributed by atoms with Crippen LogP contribution in [-0.2, 0) is 24.7 Å². The van der Waals surface area contributed by atoms with Gasteiger partial charge >= 0.3 is 0 Å². The third-order valence-corrected chi connectivity index (χ3v) is 7.70. The Morgan fingerprint density at radius 3 is 2.23 bits per heavy atom. The molecule has 31 heavy (non-hydrogen) atoms. The average Bonchev–Trinajstić information content (AvgIpc) is 2.94. The van der Waals surface area contributed by atoms with Crippen molar-refractivity contribution < 1.29 is 31.5 Å². The third-order valence-electron chi connectivity index (χ3n) is 4.59. The van der Waals surface area contributed by atoms with Gasteiger partial charge < -0.3 is 20.5 Å². The lowest BCUT2D eigenvalue weighted by atomic mass is 10.2. The quantitative estimate of drug-likeness (QED) is 0.469. The van der Waals surface area contributed by atoms with Crippen LogP contribution in [0.5, 0.6) is 5.75 Å². The van der Waals surface area contributed by atoms with Gasteiger partial charge in [0.25, 0.3) is 10.0 Å². The summed E-state index contributed by atoms with van der Waals surface area (Å²) in [7, 11) is -5.99. The zero-order valence-electron chi connectivity index (χ0n) is 16.8. The van der Waals surface area contributed by atoms with E-state index in [9.17, 15) is 26.7 Å². The summed E-state index contributed by atoms with van der Waals surface area (Å²) in [4.78, 5) is 11.1. The first kappa shape index (κ1) is 22.8. The van der Waals surface area contributed by atoms with Gasteiger partial charge in [-0.25, -0.2) is 16.8 Å². The molecule has 1 amide bonds. The molecule has 0 radical (unpaired) electrons. The highest BCUT2D eigenvalue weighted by atomic mass is 32.2. The van der Waals surface area contributed by atoms with E-state index in [0.717, 1.165) is 0 Å². The summed E-state index contributed by atoms with van der Waals surface area (Å²) >= 11 is 0. The second-order valence-corrected chi connectivity index (χ2v) is 10.9. The molecule has 0 spiro atoms. The van der Waals surface area contributed by atoms with Gasteiger partial charge in [0, 0.05) is 24.0 Å². The fourth-order valence-electron chi connectivity index (χ4n) is 3.19. The summed E-state index contributed by atoms with van der Waals surface area (Å²) in [6.07, 6.45) is -1.01. The number of amides is 1. The predicted molar refractivity (Wildman–Crippen MR) is 117 cm³/mol. The molecule has 0 unspecified atom stereocenters. The van der Waals surface area contributed by atoms with Crippen molar-refractivity contribution in [3.05, 3.63) is 42.5 Å². The molecule has 0 aliphatic carbocycles. The van der Waals surface area contributed by atoms with Crippen molar-refractivity contribution in [2.75, 3.05) is 34.0 Å². The van der Waals surface area contributed by atoms with Gasteiger partial charge in [0.15, 0.2) is 9.84 Å². The van der Waals surface area contributed by atoms with E-state index in [0.29, 0.717) is 11.4 Å². The van der Waals surface area contributed by atoms with Crippen LogP contribution in [0.2, 0.25) is 0 Å². The van der Waals surface area contributed by atoms with Gasteiger partial charge in [0.1, 0.15) is 10.6 Å². The Morgan fingerprint density at radius 1 is 1.06 bits per heavy atom. The fourth-order valence-corrected chi connectivity index (χ4v) is 6.19. The van der Waals surface area contributed by atoms with Crippen LogP contribution in [0.25, 0.3) is 0 Å². The van der Waals surface area contributed by atoms with Crippen molar-refractivity contribution in [3.63, 3.8) is 0 Å². The van der Waals surface area contributed by atoms with Crippen molar-refractivity contribution in [3.8, 4) is 5.75 Å². The lowest BCUT2D eigenvalue weighted by Gasteiger charge is -2.17. The van der Waals surface area contributed by atoms with Crippen molar-refractivity contribution >= 4 is 42.8 Å². The second kappa shape index (κ2) is 8.73. The van der Waals surface area contributed by atoms with Crippen LogP contribution in [0, 0.1) is 0 Å². The number of sulfone groups is 1. The zero-order chi connectivity index (χ0) is 22.8. The number of anilines is 3. The summed E-state index contributed by atoms with van der Waals surface area (Å²) in [6.45, 7) is 1.31. The number of aliphatic hydroxyl groups excluding tert-OH is 1. The highest BCUT2D eigenvalue weighted by Crippen LogP contribution is 2.29. The van der Waals surface area contributed by atoms with E-state index in [-0.39, 0.29) is 33.7 Å². The van der Waals surface area contributed by atoms with Crippen LogP contribution >= 0.6 is 0 Å². The van der Waals surface area contributed by atoms with Crippen molar-refractivity contribution in [1.29, 1.82) is 0 Å². The summed E-state index contributed by atoms with van der Waals surface area (Å²) in [5.41, 5.74) is 1.10. The first-order valence-corrected chi connectivity index (χ1v) is 12.5. The molecule has 1 heterocycles. The maximum atomic E-state index is 12.9. The molecule has 0 aromatic heterocycles. The van der Waals surface area contributed by atoms with Gasteiger partial charge in [-0.2, -0.15) is 0 Å². The second-order valence-electron chi connectivity index (χ2n) is 7.12. The molecule has 12 heteroatoms. The van der Waals surface area contributed by atoms with Crippen LogP contribution < -0.4 is 20.1 Å². The maximum absolute atomic E-state index is 12.9. The zero-order valence-corrected chi connectivity index (χ0v) is 18.5. The highest BCUT2D eigenvalue weighted by molar-refractivity contribution is 7.93. The minimum absolute atomic E-state index is 0.108. The Balaban J connectivity index is 1.77. The van der Waals surface area contributed by atoms with Crippen LogP contribution in [0.4, 0.5) is 17.1 Å². The third kappa shape index (κ3) is 5.66. The first-order valence-electron chi connectivity index (χ1n) is 9.22. The Kier molecular flexibility index (Phi) is 6.43. The SMILES string of the molecule is COc1ccc(NC(C)=O)cc1S(=O)(=O)Nc1ccc(N[C@H]2CS(=O)(=O)C[C@@H]2O)cc1. The monoisotopic (exact) mass is 469 g/mol. The molecule has 1 saturated heterocycles. The summed E-state index contributed by atoms with van der Waals surface area (Å²) < 4.78 is 56.6. The molecule has 1 aliphatic heterocycles. The number of sulfonamides is 1. The number of hydrogen-bond donors (Lipinski definition) is 4. The number of hydrogen-bond acceptors (Lipinski definition) is 8. The molecular formula is C19H23N3O7S2. The number of benzene rings is 2. The predicted octanol–water partition coefficient (Wildman–Crippen LogP) is 1.02. The molecular weight excluding hydrogens is 446 g/mol. The Labute approximate surface area is 180 Å². The minimum atomic E-state index is -4.04. The van der Waals surface area contributed by atoms with Crippen LogP contribution in [0.15, 0.2) is 47.4 Å². The van der Waals surface area contributed by atoms with Gasteiger partial charge in [-0.3, -0.25) is 9.52 Å². The topological polar surface area (TPSA) is 151 Å². The molecule has 2 aromatic carbocycles. The Hall–Kier alpha value is -2.83. The molecule has 0 bridgehead atoms. The summed E-state index contributed by atoms with van der Waals surface area (Å²) in [5.74, 6) is -0.699. The van der Waals surface area contributed by atoms with E-state index in [1.807, 2.05) is 0 Å². The summed E-state index contributed by atoms with van der Waals surface area (Å²) in [5, 5.41) is 15.3. The first-order chi connectivity index (χ1) is 14.5. The minimum Gasteiger partial charge on any atom is -0.495 e. The number of rotatable bonds is 7.